The number of rotatable bonds is 8. The molecule has 1 saturated carbocycles. The largest absolute Gasteiger partial charge is 0.461 e. The zero-order valence-corrected chi connectivity index (χ0v) is 16.5. The number of aliphatic hydroxyl groups is 1. The molecule has 4 unspecified atom stereocenters. The Balaban J connectivity index is 2.64. The maximum absolute atomic E-state index is 12.8. The van der Waals surface area contributed by atoms with Crippen molar-refractivity contribution in [1.29, 1.82) is 0 Å². The predicted molar refractivity (Wildman–Crippen MR) is 105 cm³/mol. The molecule has 1 fully saturated rings. The number of hydrogen-bond acceptors (Lipinski definition) is 8. The smallest absolute Gasteiger partial charge is 0.317 e. The normalized spacial score (nSPS) is 25.8. The summed E-state index contributed by atoms with van der Waals surface area (Å²) in [4.78, 5) is 48.9. The van der Waals surface area contributed by atoms with E-state index in [1.54, 1.807) is 0 Å². The Morgan fingerprint density at radius 2 is 1.87 bits per heavy atom. The lowest BCUT2D eigenvalue weighted by Gasteiger charge is -2.43. The van der Waals surface area contributed by atoms with Crippen molar-refractivity contribution < 1.29 is 33.9 Å². The lowest BCUT2D eigenvalue weighted by atomic mass is 9.61. The van der Waals surface area contributed by atoms with Gasteiger partial charge in [-0.15, -0.1) is 0 Å². The molecule has 0 amide bonds. The quantitative estimate of drug-likeness (QED) is 0.223. The van der Waals surface area contributed by atoms with E-state index in [2.05, 4.69) is 13.2 Å². The van der Waals surface area contributed by atoms with Crippen LogP contribution in [0.1, 0.15) is 24.8 Å². The number of benzene rings is 1. The zero-order valence-electron chi connectivity index (χ0n) is 16.5. The van der Waals surface area contributed by atoms with E-state index in [4.69, 9.17) is 9.47 Å². The van der Waals surface area contributed by atoms with Crippen molar-refractivity contribution in [3.8, 4) is 0 Å². The van der Waals surface area contributed by atoms with Gasteiger partial charge in [0.25, 0.3) is 5.69 Å². The molecule has 1 aromatic carbocycles. The fourth-order valence-electron chi connectivity index (χ4n) is 3.72. The predicted octanol–water partition coefficient (Wildman–Crippen LogP) is 2.09. The topological polar surface area (TPSA) is 133 Å². The van der Waals surface area contributed by atoms with Crippen LogP contribution in [0.4, 0.5) is 5.69 Å². The van der Waals surface area contributed by atoms with Crippen LogP contribution in [-0.2, 0) is 23.9 Å². The molecule has 0 heterocycles. The molecule has 0 aliphatic heterocycles. The number of non-ortho nitro benzene ring substituents is 1. The van der Waals surface area contributed by atoms with Gasteiger partial charge < -0.3 is 14.6 Å². The van der Waals surface area contributed by atoms with Crippen LogP contribution in [0.2, 0.25) is 0 Å². The summed E-state index contributed by atoms with van der Waals surface area (Å²) in [5.74, 6) is -6.43. The highest BCUT2D eigenvalue weighted by Crippen LogP contribution is 2.47. The average Bonchev–Trinajstić information content (AvgIpc) is 2.69. The molecule has 160 valence electrons. The number of carbonyl (C=O) groups is 3. The molecule has 1 aliphatic rings. The van der Waals surface area contributed by atoms with Gasteiger partial charge >= 0.3 is 11.9 Å². The van der Waals surface area contributed by atoms with Gasteiger partial charge in [-0.2, -0.15) is 0 Å². The van der Waals surface area contributed by atoms with Crippen LogP contribution in [0.3, 0.4) is 0 Å². The summed E-state index contributed by atoms with van der Waals surface area (Å²) in [6, 6.07) is 5.23. The number of carbonyl (C=O) groups excluding carboxylic acids is 3. The van der Waals surface area contributed by atoms with Crippen molar-refractivity contribution in [3.63, 3.8) is 0 Å². The first-order chi connectivity index (χ1) is 14.1. The maximum atomic E-state index is 12.8. The van der Waals surface area contributed by atoms with E-state index in [1.165, 1.54) is 43.3 Å². The first kappa shape index (κ1) is 23.0. The van der Waals surface area contributed by atoms with E-state index in [9.17, 15) is 29.6 Å². The zero-order chi connectivity index (χ0) is 22.5. The summed E-state index contributed by atoms with van der Waals surface area (Å²) in [7, 11) is 0. The van der Waals surface area contributed by atoms with Crippen molar-refractivity contribution in [1.82, 2.24) is 0 Å². The molecule has 1 N–H and O–H groups in total. The summed E-state index contributed by atoms with van der Waals surface area (Å²) in [6.07, 6.45) is 2.17. The monoisotopic (exact) mass is 417 g/mol. The van der Waals surface area contributed by atoms with Crippen LogP contribution in [0.25, 0.3) is 0 Å². The van der Waals surface area contributed by atoms with Gasteiger partial charge in [-0.1, -0.05) is 37.4 Å². The second-order valence-electron chi connectivity index (χ2n) is 7.17. The van der Waals surface area contributed by atoms with Crippen LogP contribution in [0.15, 0.2) is 49.6 Å². The Hall–Kier alpha value is -3.33. The second kappa shape index (κ2) is 9.45. The molecule has 0 bridgehead atoms. The second-order valence-corrected chi connectivity index (χ2v) is 7.17. The van der Waals surface area contributed by atoms with Crippen LogP contribution < -0.4 is 0 Å². The van der Waals surface area contributed by atoms with Gasteiger partial charge in [0.1, 0.15) is 19.1 Å². The fraction of sp³-hybridized carbons (Fsp3) is 0.381. The van der Waals surface area contributed by atoms with Gasteiger partial charge in [-0.25, -0.2) is 0 Å². The third-order valence-corrected chi connectivity index (χ3v) is 4.93. The Kier molecular flexibility index (Phi) is 7.23. The third-order valence-electron chi connectivity index (χ3n) is 4.93. The lowest BCUT2D eigenvalue weighted by molar-refractivity contribution is -0.385. The van der Waals surface area contributed by atoms with Gasteiger partial charge in [-0.05, 0) is 12.5 Å². The Bertz CT molecular complexity index is 876. The number of Topliss-reactive ketones (excluding diaryl/α,β-unsaturated/α-hetero) is 1. The van der Waals surface area contributed by atoms with Crippen molar-refractivity contribution in [3.05, 3.63) is 65.3 Å². The van der Waals surface area contributed by atoms with Gasteiger partial charge in [0, 0.05) is 24.5 Å². The molecule has 9 heteroatoms. The molecular formula is C21H23NO8. The molecule has 1 aliphatic carbocycles. The molecule has 0 radical (unpaired) electrons. The summed E-state index contributed by atoms with van der Waals surface area (Å²) < 4.78 is 10.2. The summed E-state index contributed by atoms with van der Waals surface area (Å²) in [5.41, 5.74) is -1.97. The van der Waals surface area contributed by atoms with Gasteiger partial charge in [0.05, 0.1) is 16.4 Å². The number of nitro groups is 1. The summed E-state index contributed by atoms with van der Waals surface area (Å²) >= 11 is 0. The van der Waals surface area contributed by atoms with E-state index in [0.29, 0.717) is 0 Å². The van der Waals surface area contributed by atoms with E-state index in [1.807, 2.05) is 0 Å². The SMILES string of the molecule is C=CCOC(=O)C1C(=O)CC(C)(O)C(C(=O)OCC=C)C1c1cccc([N+](=O)[O-])c1. The standard InChI is InChI=1S/C21H23NO8/c1-4-9-29-19(24)17-15(23)12-21(3,26)18(20(25)30-10-5-2)16(17)13-7-6-8-14(11-13)22(27)28/h4-8,11,16-18,26H,1-2,9-10,12H2,3H3. The van der Waals surface area contributed by atoms with Gasteiger partial charge in [0.15, 0.2) is 5.78 Å². The van der Waals surface area contributed by atoms with E-state index in [-0.39, 0.29) is 24.5 Å². The van der Waals surface area contributed by atoms with Crippen LogP contribution >= 0.6 is 0 Å². The molecule has 9 nitrogen and oxygen atoms in total. The number of esters is 2. The Morgan fingerprint density at radius 3 is 2.43 bits per heavy atom. The minimum atomic E-state index is -1.85. The van der Waals surface area contributed by atoms with Crippen LogP contribution in [0.5, 0.6) is 0 Å². The molecule has 0 aromatic heterocycles. The number of ether oxygens (including phenoxy) is 2. The van der Waals surface area contributed by atoms with Crippen molar-refractivity contribution in [2.24, 2.45) is 11.8 Å². The Labute approximate surface area is 173 Å². The first-order valence-electron chi connectivity index (χ1n) is 9.18. The van der Waals surface area contributed by atoms with Crippen LogP contribution in [0, 0.1) is 22.0 Å². The van der Waals surface area contributed by atoms with E-state index < -0.39 is 52.4 Å². The minimum absolute atomic E-state index is 0.146. The molecule has 4 atom stereocenters. The van der Waals surface area contributed by atoms with E-state index >= 15 is 0 Å². The summed E-state index contributed by atoms with van der Waals surface area (Å²) in [6.45, 7) is 7.89. The molecular weight excluding hydrogens is 394 g/mol. The third kappa shape index (κ3) is 4.80. The average molecular weight is 417 g/mol. The van der Waals surface area contributed by atoms with Crippen molar-refractivity contribution >= 4 is 23.4 Å². The fourth-order valence-corrected chi connectivity index (χ4v) is 3.72. The highest BCUT2D eigenvalue weighted by Gasteiger charge is 2.57. The van der Waals surface area contributed by atoms with Crippen molar-refractivity contribution in [2.45, 2.75) is 24.9 Å². The highest BCUT2D eigenvalue weighted by molar-refractivity contribution is 6.02. The highest BCUT2D eigenvalue weighted by atomic mass is 16.6. The molecule has 1 aromatic rings. The molecule has 30 heavy (non-hydrogen) atoms. The first-order valence-corrected chi connectivity index (χ1v) is 9.18. The van der Waals surface area contributed by atoms with Gasteiger partial charge in [0.2, 0.25) is 0 Å². The maximum Gasteiger partial charge on any atom is 0.317 e. The lowest BCUT2D eigenvalue weighted by Crippen LogP contribution is -2.55. The van der Waals surface area contributed by atoms with Crippen molar-refractivity contribution in [2.75, 3.05) is 13.2 Å². The van der Waals surface area contributed by atoms with Crippen LogP contribution in [-0.4, -0.2) is 46.6 Å². The minimum Gasteiger partial charge on any atom is -0.461 e. The molecule has 0 spiro atoms. The van der Waals surface area contributed by atoms with E-state index in [0.717, 1.165) is 0 Å². The Morgan fingerprint density at radius 1 is 1.27 bits per heavy atom. The van der Waals surface area contributed by atoms with Gasteiger partial charge in [-0.3, -0.25) is 24.5 Å². The number of hydrogen-bond donors (Lipinski definition) is 1. The summed E-state index contributed by atoms with van der Waals surface area (Å²) in [5, 5.41) is 22.1. The molecule has 0 saturated heterocycles. The number of nitro benzene ring substituents is 1. The molecule has 2 rings (SSSR count). The number of ketones is 1. The number of nitrogens with zero attached hydrogens (tertiary/aromatic N) is 1.